The van der Waals surface area contributed by atoms with Gasteiger partial charge in [-0.25, -0.2) is 103 Å². The van der Waals surface area contributed by atoms with Gasteiger partial charge in [-0.15, -0.1) is 30.6 Å². The van der Waals surface area contributed by atoms with Crippen molar-refractivity contribution in [3.8, 4) is 11.4 Å². The number of rotatable bonds is 18. The van der Waals surface area contributed by atoms with Crippen molar-refractivity contribution in [1.82, 2.24) is 145 Å². The van der Waals surface area contributed by atoms with Crippen molar-refractivity contribution in [2.75, 3.05) is 79.1 Å². The molecule has 0 radical (unpaired) electrons. The van der Waals surface area contributed by atoms with E-state index in [0.717, 1.165) is 180 Å². The summed E-state index contributed by atoms with van der Waals surface area (Å²) in [4.78, 5) is 126. The van der Waals surface area contributed by atoms with Gasteiger partial charge in [-0.05, 0) is 120 Å². The monoisotopic (exact) mass is 2050 g/mol. The highest BCUT2D eigenvalue weighted by molar-refractivity contribution is 7.99. The molecule has 0 bridgehead atoms. The number of hydrogen-bond donors (Lipinski definition) is 12. The number of nitrogens with two attached hydrogens (primary N) is 6. The Morgan fingerprint density at radius 1 is 0.385 bits per heavy atom. The number of ether oxygens (including phenoxy) is 1. The number of para-hydroxylation sites is 1. The molecule has 21 heterocycles. The van der Waals surface area contributed by atoms with Crippen LogP contribution in [0.25, 0.3) is 45.3 Å². The van der Waals surface area contributed by atoms with E-state index in [-0.39, 0.29) is 108 Å². The van der Waals surface area contributed by atoms with Crippen LogP contribution in [0.4, 0.5) is 95.2 Å². The maximum absolute atomic E-state index is 13.3. The van der Waals surface area contributed by atoms with E-state index in [9.17, 15) is 55.1 Å². The van der Waals surface area contributed by atoms with Crippen LogP contribution in [0, 0.1) is 55.7 Å². The van der Waals surface area contributed by atoms with Gasteiger partial charge in [-0.2, -0.15) is 8.77 Å². The lowest BCUT2D eigenvalue weighted by Gasteiger charge is -2.27. The van der Waals surface area contributed by atoms with E-state index in [1.165, 1.54) is 34.2 Å². The van der Waals surface area contributed by atoms with Crippen molar-refractivity contribution in [3.63, 3.8) is 0 Å². The summed E-state index contributed by atoms with van der Waals surface area (Å²) in [5.41, 5.74) is 41.3. The lowest BCUT2D eigenvalue weighted by Crippen LogP contribution is -2.46. The lowest BCUT2D eigenvalue weighted by molar-refractivity contribution is 0.0700. The van der Waals surface area contributed by atoms with Gasteiger partial charge < -0.3 is 80.2 Å². The first kappa shape index (κ1) is 97.5. The maximum Gasteiger partial charge on any atom is 0.264 e. The zero-order chi connectivity index (χ0) is 104. The van der Waals surface area contributed by atoms with Gasteiger partial charge in [0.2, 0.25) is 0 Å². The van der Waals surface area contributed by atoms with Crippen molar-refractivity contribution in [2.24, 2.45) is 4.40 Å². The third-order valence-electron chi connectivity index (χ3n) is 23.0. The molecule has 1 unspecified atom stereocenters. The Hall–Kier alpha value is -19.3. The van der Waals surface area contributed by atoms with E-state index in [2.05, 4.69) is 131 Å². The average Bonchev–Trinajstić information content (AvgIpc) is 1.63. The zero-order valence-corrected chi connectivity index (χ0v) is 79.3. The fourth-order valence-corrected chi connectivity index (χ4v) is 17.7. The number of carbonyl (C=O) groups excluding carboxylic acids is 6. The summed E-state index contributed by atoms with van der Waals surface area (Å²) < 4.78 is 108. The molecule has 752 valence electrons. The molecular weight excluding hydrogens is 1970 g/mol. The molecule has 3 fully saturated rings. The number of aromatic nitrogens is 29. The van der Waals surface area contributed by atoms with Crippen molar-refractivity contribution in [2.45, 2.75) is 89.7 Å². The van der Waals surface area contributed by atoms with Gasteiger partial charge in [0.05, 0.1) is 141 Å². The molecule has 20 aromatic rings. The number of carbonyl (C=O) groups is 6. The summed E-state index contributed by atoms with van der Waals surface area (Å²) in [5.74, 6) is -2.48. The molecule has 2 aliphatic carbocycles. The van der Waals surface area contributed by atoms with Crippen LogP contribution in [-0.4, -0.2) is 200 Å². The Morgan fingerprint density at radius 2 is 0.777 bits per heavy atom. The number of aryl methyl sites for hydroxylation is 3. The number of amides is 6. The van der Waals surface area contributed by atoms with Crippen molar-refractivity contribution in [3.05, 3.63) is 282 Å². The van der Waals surface area contributed by atoms with Crippen LogP contribution < -0.4 is 71.2 Å². The number of anilines is 12. The molecule has 4 aliphatic rings. The predicted molar refractivity (Wildman–Crippen MR) is 528 cm³/mol. The van der Waals surface area contributed by atoms with Crippen molar-refractivity contribution < 1.29 is 59.8 Å². The Morgan fingerprint density at radius 3 is 1.20 bits per heavy atom. The highest BCUT2D eigenvalue weighted by atomic mass is 32.2. The highest BCUT2D eigenvalue weighted by Crippen LogP contribution is 2.47. The zero-order valence-electron chi connectivity index (χ0n) is 77.6. The van der Waals surface area contributed by atoms with Crippen LogP contribution in [0.1, 0.15) is 148 Å². The number of nitrogen functional groups attached to an aromatic ring is 6. The molecular formula is C90H81F6N43O7S2. The normalized spacial score (nSPS) is 13.8. The largest absolute Gasteiger partial charge is 0.381 e. The molecule has 0 spiro atoms. The summed E-state index contributed by atoms with van der Waals surface area (Å²) >= 11 is 2.46. The molecule has 2 saturated carbocycles. The smallest absolute Gasteiger partial charge is 0.264 e. The molecule has 24 rings (SSSR count). The molecule has 1 saturated heterocycles. The van der Waals surface area contributed by atoms with E-state index < -0.39 is 75.8 Å². The quantitative estimate of drug-likeness (QED) is 0.0280. The minimum atomic E-state index is -0.586. The summed E-state index contributed by atoms with van der Waals surface area (Å²) in [7, 11) is 0. The summed E-state index contributed by atoms with van der Waals surface area (Å²) in [6.45, 7) is 8.84. The molecule has 2 aliphatic heterocycles. The van der Waals surface area contributed by atoms with E-state index >= 15 is 0 Å². The second kappa shape index (κ2) is 41.3. The van der Waals surface area contributed by atoms with E-state index in [0.29, 0.717) is 54.3 Å². The Labute approximate surface area is 835 Å². The van der Waals surface area contributed by atoms with Crippen LogP contribution in [-0.2, 0) is 4.74 Å². The molecule has 19 aromatic heterocycles. The van der Waals surface area contributed by atoms with Gasteiger partial charge in [0.15, 0.2) is 109 Å². The number of benzene rings is 1. The standard InChI is InChI=1S/C17H14FN7O.C16H15FN8OS.C15H11FN8O.C15H16FN7O2.C14H13FN6OS.C13H12FN7O/c1-10-20-8-13(25(10)12-5-3-2-4-6-12)22-17(26)14-15(19)23-24-9-11(18)7-21-16(14)24;1-8-11(4-3-5-19-8)25-9(2)23-27-16(25)21-15(26)12-13(18)22-24-7-10(17)6-20-14(12)24;16-9-4-20-14-12(13(17)22-24(14)7-9)15(25)21-11-6-19-8-23(11)10-2-1-3-18-5-10;16-9-5-19-14-12(13(17)21-23(14)7-9)15(24)20-11-6-18-8-22(11)10-1-3-25-4-2-10;1-6-9(7-2-3-7)14(23-20-6)18-13(22)10-11(16)19-21-5-8(15)4-17-12(10)21;14-7-3-17-12-10(11(15)19-21(12)5-7)13(22)18-9-4-16-6-20(9)8-1-2-8/h2-9H,1H3,(H2,19,23)(H,22,26);3-7,16H,1-2H3,(H2,18,22)(H,21,26);1-8H,(H2,17,22)(H,21,25);5-8,10H,1-4H2,(H2,17,21)(H,20,24);4-5,7H,2-3H2,1H3,(H2,16,19)(H,18,22);3-6,8H,1-2H2,(H2,15,19)(H,18,22). The molecule has 50 nitrogen and oxygen atoms in total. The van der Waals surface area contributed by atoms with Gasteiger partial charge in [0.1, 0.15) is 79.6 Å². The lowest BCUT2D eigenvalue weighted by atomic mass is 10.1. The second-order valence-electron chi connectivity index (χ2n) is 33.1. The summed E-state index contributed by atoms with van der Waals surface area (Å²) in [6.07, 6.45) is 34.8. The maximum atomic E-state index is 13.3. The molecule has 18 N–H and O–H groups in total. The van der Waals surface area contributed by atoms with Crippen molar-refractivity contribution in [1.29, 1.82) is 0 Å². The Kier molecular flexibility index (Phi) is 27.2. The number of pyridine rings is 2. The molecule has 1 atom stereocenters. The summed E-state index contributed by atoms with van der Waals surface area (Å²) in [5, 5.41) is 41.0. The molecule has 58 heteroatoms. The van der Waals surface area contributed by atoms with Crippen LogP contribution in [0.15, 0.2) is 196 Å². The topological polar surface area (TPSA) is 647 Å². The van der Waals surface area contributed by atoms with Gasteiger partial charge in [0.25, 0.3) is 35.4 Å². The fraction of sp³-hybridized carbons (Fsp3) is 0.178. The molecule has 1 aromatic carbocycles. The Bertz CT molecular complexity index is 8530. The van der Waals surface area contributed by atoms with E-state index in [4.69, 9.17) is 39.1 Å². The second-order valence-corrected chi connectivity index (χ2v) is 34.7. The number of nitrogens with zero attached hydrogens (tertiary/aromatic N) is 31. The first-order valence-corrected chi connectivity index (χ1v) is 46.2. The van der Waals surface area contributed by atoms with Crippen molar-refractivity contribution >= 4 is 168 Å². The summed E-state index contributed by atoms with van der Waals surface area (Å²) in [6, 6.07) is 17.4. The van der Waals surface area contributed by atoms with Crippen LogP contribution in [0.5, 0.6) is 0 Å². The van der Waals surface area contributed by atoms with E-state index in [1.54, 1.807) is 71.4 Å². The number of nitrogens with one attached hydrogen (secondary N) is 6. The van der Waals surface area contributed by atoms with Crippen LogP contribution >= 0.6 is 23.5 Å². The minimum Gasteiger partial charge on any atom is -0.381 e. The molecule has 6 amide bonds. The average molecular weight is 2060 g/mol. The Balaban J connectivity index is 0.000000112. The van der Waals surface area contributed by atoms with E-state index in [1.807, 2.05) is 90.3 Å². The first-order chi connectivity index (χ1) is 71.4. The third kappa shape index (κ3) is 20.5. The number of amidine groups is 1. The highest BCUT2D eigenvalue weighted by Gasteiger charge is 2.36. The van der Waals surface area contributed by atoms with Gasteiger partial charge >= 0.3 is 0 Å². The van der Waals surface area contributed by atoms with Gasteiger partial charge in [-0.3, -0.25) is 52.8 Å². The first-order valence-electron chi connectivity index (χ1n) is 44.6. The van der Waals surface area contributed by atoms with Crippen LogP contribution in [0.2, 0.25) is 0 Å². The molecule has 148 heavy (non-hydrogen) atoms. The SMILES string of the molecule is CC1=NSC(NC(=O)c2c(N)nn3cc(F)cnc23)N1c1cccnc1C.Cc1ncc(NC(=O)c2c(N)nn3cc(F)cnc23)n1-c1ccccc1.Cc1nsc(NC(=O)c2c(N)nn3cc(F)cnc23)c1C1CC1.Nc1nn2cc(F)cnc2c1C(=O)Nc1cncn1-c1cccnc1.Nc1nn2cc(F)cnc2c1C(=O)Nc1cncn1C1CC1.Nc1nn2cc(F)cnc2c1C(=O)Nc1cncn1C1CCOCC1. The number of imidazole rings is 4. The number of fused-ring (bicyclic) bond motifs is 6. The fourth-order valence-electron chi connectivity index (χ4n) is 16.0. The van der Waals surface area contributed by atoms with Gasteiger partial charge in [0, 0.05) is 60.9 Å². The third-order valence-corrected chi connectivity index (χ3v) is 24.8. The predicted octanol–water partition coefficient (Wildman–Crippen LogP) is 10.1. The minimum absolute atomic E-state index is 0.00640. The number of hydrogen-bond acceptors (Lipinski definition) is 36. The van der Waals surface area contributed by atoms with Gasteiger partial charge in [-0.1, -0.05) is 18.2 Å². The van der Waals surface area contributed by atoms with Crippen LogP contribution in [0.3, 0.4) is 0 Å². The number of halogens is 6.